The summed E-state index contributed by atoms with van der Waals surface area (Å²) >= 11 is 0. The van der Waals surface area contributed by atoms with E-state index in [9.17, 15) is 13.2 Å². The van der Waals surface area contributed by atoms with Crippen molar-refractivity contribution in [1.29, 1.82) is 0 Å². The van der Waals surface area contributed by atoms with E-state index in [-0.39, 0.29) is 10.7 Å². The predicted molar refractivity (Wildman–Crippen MR) is 85.0 cm³/mol. The molecule has 0 spiro atoms. The Hall–Kier alpha value is -1.20. The molecule has 21 heavy (non-hydrogen) atoms. The number of Topliss-reactive ketones (excluding diaryl/α,β-unsaturated/α-hetero) is 1. The molecule has 0 bridgehead atoms. The van der Waals surface area contributed by atoms with Crippen molar-refractivity contribution in [2.45, 2.75) is 51.3 Å². The molecule has 0 unspecified atom stereocenters. The average molecular weight is 311 g/mol. The standard InChI is InChI=1S/C16H25NO3S/c1-4-6-12-17(13-7-5-2)21(19,20)16-10-8-15(9-11-16)14(3)18/h8-11H,4-7,12-13H2,1-3H3. The summed E-state index contributed by atoms with van der Waals surface area (Å²) in [5.41, 5.74) is 0.530. The monoisotopic (exact) mass is 311 g/mol. The van der Waals surface area contributed by atoms with Crippen molar-refractivity contribution < 1.29 is 13.2 Å². The van der Waals surface area contributed by atoms with Crippen LogP contribution in [0, 0.1) is 0 Å². The third-order valence-corrected chi connectivity index (χ3v) is 5.33. The van der Waals surface area contributed by atoms with Gasteiger partial charge >= 0.3 is 0 Å². The smallest absolute Gasteiger partial charge is 0.243 e. The van der Waals surface area contributed by atoms with Crippen molar-refractivity contribution >= 4 is 15.8 Å². The van der Waals surface area contributed by atoms with Crippen LogP contribution < -0.4 is 0 Å². The molecule has 0 aromatic heterocycles. The normalized spacial score (nSPS) is 11.8. The number of benzene rings is 1. The van der Waals surface area contributed by atoms with Gasteiger partial charge < -0.3 is 0 Å². The number of carbonyl (C=O) groups is 1. The Labute approximate surface area is 128 Å². The maximum absolute atomic E-state index is 12.7. The summed E-state index contributed by atoms with van der Waals surface area (Å²) < 4.78 is 26.9. The molecule has 5 heteroatoms. The molecule has 0 radical (unpaired) electrons. The van der Waals surface area contributed by atoms with E-state index in [0.29, 0.717) is 18.7 Å². The summed E-state index contributed by atoms with van der Waals surface area (Å²) in [6.07, 6.45) is 3.63. The van der Waals surface area contributed by atoms with E-state index in [1.807, 2.05) is 13.8 Å². The summed E-state index contributed by atoms with van der Waals surface area (Å²) in [7, 11) is -3.47. The summed E-state index contributed by atoms with van der Waals surface area (Å²) in [4.78, 5) is 11.5. The second-order valence-corrected chi connectivity index (χ2v) is 7.13. The van der Waals surface area contributed by atoms with Crippen LogP contribution in [0.25, 0.3) is 0 Å². The van der Waals surface area contributed by atoms with Gasteiger partial charge in [-0.2, -0.15) is 4.31 Å². The lowest BCUT2D eigenvalue weighted by Crippen LogP contribution is -2.33. The number of carbonyl (C=O) groups excluding carboxylic acids is 1. The van der Waals surface area contributed by atoms with E-state index >= 15 is 0 Å². The summed E-state index contributed by atoms with van der Waals surface area (Å²) in [6.45, 7) is 6.66. The van der Waals surface area contributed by atoms with Gasteiger partial charge in [-0.1, -0.05) is 38.8 Å². The number of rotatable bonds is 9. The van der Waals surface area contributed by atoms with Crippen molar-refractivity contribution in [1.82, 2.24) is 4.31 Å². The van der Waals surface area contributed by atoms with Crippen molar-refractivity contribution in [3.05, 3.63) is 29.8 Å². The van der Waals surface area contributed by atoms with E-state index in [1.54, 1.807) is 16.4 Å². The maximum atomic E-state index is 12.7. The molecule has 1 aromatic rings. The lowest BCUT2D eigenvalue weighted by atomic mass is 10.2. The fraction of sp³-hybridized carbons (Fsp3) is 0.562. The van der Waals surface area contributed by atoms with Gasteiger partial charge in [-0.25, -0.2) is 8.42 Å². The quantitative estimate of drug-likeness (QED) is 0.656. The Kier molecular flexibility index (Phi) is 7.05. The zero-order chi connectivity index (χ0) is 15.9. The molecule has 0 atom stereocenters. The van der Waals surface area contributed by atoms with Gasteiger partial charge in [0.2, 0.25) is 10.0 Å². The summed E-state index contributed by atoms with van der Waals surface area (Å²) in [5, 5.41) is 0. The minimum atomic E-state index is -3.47. The fourth-order valence-corrected chi connectivity index (χ4v) is 3.55. The Balaban J connectivity index is 3.00. The van der Waals surface area contributed by atoms with Gasteiger partial charge in [-0.3, -0.25) is 4.79 Å². The molecule has 0 fully saturated rings. The molecular formula is C16H25NO3S. The van der Waals surface area contributed by atoms with E-state index in [0.717, 1.165) is 25.7 Å². The van der Waals surface area contributed by atoms with E-state index in [4.69, 9.17) is 0 Å². The Bertz CT molecular complexity index is 541. The Morgan fingerprint density at radius 1 is 1.00 bits per heavy atom. The third kappa shape index (κ3) is 4.93. The zero-order valence-electron chi connectivity index (χ0n) is 13.1. The molecule has 0 aliphatic rings. The number of nitrogens with zero attached hydrogens (tertiary/aromatic N) is 1. The van der Waals surface area contributed by atoms with Gasteiger partial charge in [0.05, 0.1) is 4.90 Å². The Morgan fingerprint density at radius 2 is 1.48 bits per heavy atom. The van der Waals surface area contributed by atoms with Crippen molar-refractivity contribution in [3.63, 3.8) is 0 Å². The van der Waals surface area contributed by atoms with Crippen LogP contribution in [0.5, 0.6) is 0 Å². The minimum Gasteiger partial charge on any atom is -0.295 e. The molecule has 0 saturated heterocycles. The number of sulfonamides is 1. The van der Waals surface area contributed by atoms with E-state index < -0.39 is 10.0 Å². The third-order valence-electron chi connectivity index (χ3n) is 3.42. The lowest BCUT2D eigenvalue weighted by Gasteiger charge is -2.22. The zero-order valence-corrected chi connectivity index (χ0v) is 13.9. The highest BCUT2D eigenvalue weighted by atomic mass is 32.2. The minimum absolute atomic E-state index is 0.0622. The molecule has 4 nitrogen and oxygen atoms in total. The Morgan fingerprint density at radius 3 is 1.86 bits per heavy atom. The van der Waals surface area contributed by atoms with E-state index in [2.05, 4.69) is 0 Å². The number of unbranched alkanes of at least 4 members (excludes halogenated alkanes) is 2. The number of hydrogen-bond donors (Lipinski definition) is 0. The first-order valence-corrected chi connectivity index (χ1v) is 8.98. The lowest BCUT2D eigenvalue weighted by molar-refractivity contribution is 0.101. The van der Waals surface area contributed by atoms with Crippen LogP contribution in [0.2, 0.25) is 0 Å². The van der Waals surface area contributed by atoms with Gasteiger partial charge in [0.25, 0.3) is 0 Å². The molecule has 1 rings (SSSR count). The molecule has 0 aliphatic heterocycles. The summed E-state index contributed by atoms with van der Waals surface area (Å²) in [6, 6.07) is 6.20. The van der Waals surface area contributed by atoms with Gasteiger partial charge in [0.15, 0.2) is 5.78 Å². The van der Waals surface area contributed by atoms with E-state index in [1.165, 1.54) is 19.1 Å². The van der Waals surface area contributed by atoms with Crippen LogP contribution >= 0.6 is 0 Å². The first-order chi connectivity index (χ1) is 9.93. The van der Waals surface area contributed by atoms with Crippen LogP contribution in [0.4, 0.5) is 0 Å². The summed E-state index contributed by atoms with van der Waals surface area (Å²) in [5.74, 6) is -0.0622. The molecule has 1 aromatic carbocycles. The van der Waals surface area contributed by atoms with Gasteiger partial charge in [-0.15, -0.1) is 0 Å². The highest BCUT2D eigenvalue weighted by Crippen LogP contribution is 2.18. The van der Waals surface area contributed by atoms with Crippen LogP contribution in [0.1, 0.15) is 56.8 Å². The van der Waals surface area contributed by atoms with Crippen molar-refractivity contribution in [2.24, 2.45) is 0 Å². The first kappa shape index (κ1) is 17.9. The second kappa shape index (κ2) is 8.29. The highest BCUT2D eigenvalue weighted by Gasteiger charge is 2.23. The highest BCUT2D eigenvalue weighted by molar-refractivity contribution is 7.89. The molecule has 0 N–H and O–H groups in total. The van der Waals surface area contributed by atoms with Crippen LogP contribution in [0.3, 0.4) is 0 Å². The molecule has 118 valence electrons. The van der Waals surface area contributed by atoms with Gasteiger partial charge in [0.1, 0.15) is 0 Å². The second-order valence-electron chi connectivity index (χ2n) is 5.19. The number of hydrogen-bond acceptors (Lipinski definition) is 3. The first-order valence-electron chi connectivity index (χ1n) is 7.54. The number of ketones is 1. The van der Waals surface area contributed by atoms with Crippen LogP contribution in [-0.4, -0.2) is 31.6 Å². The van der Waals surface area contributed by atoms with Crippen LogP contribution in [0.15, 0.2) is 29.2 Å². The van der Waals surface area contributed by atoms with Crippen molar-refractivity contribution in [3.8, 4) is 0 Å². The average Bonchev–Trinajstić information content (AvgIpc) is 2.47. The topological polar surface area (TPSA) is 54.5 Å². The molecule has 0 aliphatic carbocycles. The molecular weight excluding hydrogens is 286 g/mol. The van der Waals surface area contributed by atoms with Crippen LogP contribution in [-0.2, 0) is 10.0 Å². The molecule has 0 saturated carbocycles. The molecule has 0 amide bonds. The maximum Gasteiger partial charge on any atom is 0.243 e. The predicted octanol–water partition coefficient (Wildman–Crippen LogP) is 3.48. The van der Waals surface area contributed by atoms with Crippen molar-refractivity contribution in [2.75, 3.05) is 13.1 Å². The fourth-order valence-electron chi connectivity index (χ4n) is 2.03. The van der Waals surface area contributed by atoms with Gasteiger partial charge in [0, 0.05) is 18.7 Å². The largest absolute Gasteiger partial charge is 0.295 e. The van der Waals surface area contributed by atoms with Gasteiger partial charge in [-0.05, 0) is 31.9 Å². The molecule has 0 heterocycles. The SMILES string of the molecule is CCCCN(CCCC)S(=O)(=O)c1ccc(C(C)=O)cc1.